The van der Waals surface area contributed by atoms with Gasteiger partial charge < -0.3 is 4.74 Å². The van der Waals surface area contributed by atoms with E-state index in [0.29, 0.717) is 22.4 Å². The van der Waals surface area contributed by atoms with E-state index < -0.39 is 0 Å². The molecule has 0 aliphatic heterocycles. The summed E-state index contributed by atoms with van der Waals surface area (Å²) in [6, 6.07) is 7.32. The lowest BCUT2D eigenvalue weighted by Crippen LogP contribution is -2.32. The van der Waals surface area contributed by atoms with Crippen molar-refractivity contribution < 1.29 is 4.74 Å². The van der Waals surface area contributed by atoms with Gasteiger partial charge in [-0.05, 0) is 50.2 Å². The summed E-state index contributed by atoms with van der Waals surface area (Å²) >= 11 is 6.05. The minimum atomic E-state index is 0.189. The van der Waals surface area contributed by atoms with Crippen molar-refractivity contribution in [2.45, 2.75) is 39.2 Å². The predicted octanol–water partition coefficient (Wildman–Crippen LogP) is 4.97. The lowest BCUT2D eigenvalue weighted by Gasteiger charge is -2.34. The fourth-order valence-corrected chi connectivity index (χ4v) is 2.94. The largest absolute Gasteiger partial charge is 0.490 e. The quantitative estimate of drug-likeness (QED) is 0.736. The standard InChI is InChI=1S/C17H20ClNO/c1-11(2)13-5-4-12(3)17(8-13)20-15-7-6-14(10-19)16(18)9-15/h6-7,9,12-13,17H,1,4-5,8H2,2-3H3/t12-,13-,17-/m0/s1. The van der Waals surface area contributed by atoms with E-state index in [1.165, 1.54) is 12.0 Å². The van der Waals surface area contributed by atoms with Crippen LogP contribution in [-0.2, 0) is 0 Å². The SMILES string of the molecule is C=C(C)[C@H]1CC[C@H](C)[C@@H](Oc2ccc(C#N)c(Cl)c2)C1. The van der Waals surface area contributed by atoms with Crippen molar-refractivity contribution in [2.24, 2.45) is 11.8 Å². The molecular formula is C17H20ClNO. The number of allylic oxidation sites excluding steroid dienone is 1. The highest BCUT2D eigenvalue weighted by molar-refractivity contribution is 6.31. The number of halogens is 1. The van der Waals surface area contributed by atoms with Gasteiger partial charge in [0, 0.05) is 6.07 Å². The first-order chi connectivity index (χ1) is 9.51. The molecule has 0 heterocycles. The highest BCUT2D eigenvalue weighted by atomic mass is 35.5. The van der Waals surface area contributed by atoms with Gasteiger partial charge in [0.15, 0.2) is 0 Å². The summed E-state index contributed by atoms with van der Waals surface area (Å²) in [5.41, 5.74) is 1.72. The van der Waals surface area contributed by atoms with Gasteiger partial charge in [0.25, 0.3) is 0 Å². The average molecular weight is 290 g/mol. The summed E-state index contributed by atoms with van der Waals surface area (Å²) in [7, 11) is 0. The predicted molar refractivity (Wildman–Crippen MR) is 81.9 cm³/mol. The summed E-state index contributed by atoms with van der Waals surface area (Å²) in [5.74, 6) is 1.82. The Morgan fingerprint density at radius 1 is 1.45 bits per heavy atom. The topological polar surface area (TPSA) is 33.0 Å². The third-order valence-electron chi connectivity index (χ3n) is 4.17. The lowest BCUT2D eigenvalue weighted by molar-refractivity contribution is 0.0832. The third kappa shape index (κ3) is 3.35. The second kappa shape index (κ2) is 6.33. The van der Waals surface area contributed by atoms with E-state index in [1.54, 1.807) is 12.1 Å². The summed E-state index contributed by atoms with van der Waals surface area (Å²) in [4.78, 5) is 0. The van der Waals surface area contributed by atoms with E-state index in [-0.39, 0.29) is 6.10 Å². The number of ether oxygens (including phenoxy) is 1. The highest BCUT2D eigenvalue weighted by Crippen LogP contribution is 2.35. The van der Waals surface area contributed by atoms with E-state index in [4.69, 9.17) is 21.6 Å². The molecule has 1 aromatic rings. The van der Waals surface area contributed by atoms with Crippen molar-refractivity contribution in [2.75, 3.05) is 0 Å². The Balaban J connectivity index is 2.10. The summed E-state index contributed by atoms with van der Waals surface area (Å²) in [6.07, 6.45) is 3.56. The Morgan fingerprint density at radius 3 is 2.80 bits per heavy atom. The van der Waals surface area contributed by atoms with Crippen molar-refractivity contribution in [1.82, 2.24) is 0 Å². The van der Waals surface area contributed by atoms with Gasteiger partial charge in [-0.15, -0.1) is 0 Å². The van der Waals surface area contributed by atoms with Gasteiger partial charge >= 0.3 is 0 Å². The fraction of sp³-hybridized carbons (Fsp3) is 0.471. The number of hydrogen-bond donors (Lipinski definition) is 0. The minimum absolute atomic E-state index is 0.189. The first-order valence-electron chi connectivity index (χ1n) is 7.03. The molecule has 1 saturated carbocycles. The van der Waals surface area contributed by atoms with Crippen LogP contribution in [-0.4, -0.2) is 6.10 Å². The number of nitriles is 1. The van der Waals surface area contributed by atoms with Crippen molar-refractivity contribution in [3.63, 3.8) is 0 Å². The van der Waals surface area contributed by atoms with Crippen molar-refractivity contribution in [3.8, 4) is 11.8 Å². The van der Waals surface area contributed by atoms with Gasteiger partial charge in [-0.2, -0.15) is 5.26 Å². The highest BCUT2D eigenvalue weighted by Gasteiger charge is 2.29. The second-order valence-corrected chi connectivity index (χ2v) is 6.15. The lowest BCUT2D eigenvalue weighted by atomic mass is 9.78. The average Bonchev–Trinajstić information content (AvgIpc) is 2.41. The van der Waals surface area contributed by atoms with Crippen LogP contribution in [0.2, 0.25) is 5.02 Å². The molecule has 106 valence electrons. The number of hydrogen-bond acceptors (Lipinski definition) is 2. The van der Waals surface area contributed by atoms with Gasteiger partial charge in [-0.1, -0.05) is 30.7 Å². The van der Waals surface area contributed by atoms with Crippen LogP contribution >= 0.6 is 11.6 Å². The van der Waals surface area contributed by atoms with Crippen LogP contribution < -0.4 is 4.74 Å². The summed E-state index contributed by atoms with van der Waals surface area (Å²) < 4.78 is 6.09. The van der Waals surface area contributed by atoms with Crippen molar-refractivity contribution >= 4 is 11.6 Å². The number of nitrogens with zero attached hydrogens (tertiary/aromatic N) is 1. The molecule has 0 aromatic heterocycles. The maximum absolute atomic E-state index is 8.88. The van der Waals surface area contributed by atoms with E-state index in [9.17, 15) is 0 Å². The van der Waals surface area contributed by atoms with Crippen molar-refractivity contribution in [1.29, 1.82) is 5.26 Å². The molecule has 1 aliphatic rings. The molecule has 0 saturated heterocycles. The normalized spacial score (nSPS) is 25.8. The molecule has 3 atom stereocenters. The Morgan fingerprint density at radius 2 is 2.20 bits per heavy atom. The Kier molecular flexibility index (Phi) is 4.73. The smallest absolute Gasteiger partial charge is 0.121 e. The first kappa shape index (κ1) is 14.9. The summed E-state index contributed by atoms with van der Waals surface area (Å²) in [6.45, 7) is 8.39. The van der Waals surface area contributed by atoms with Crippen LogP contribution in [0.3, 0.4) is 0 Å². The van der Waals surface area contributed by atoms with Crippen LogP contribution in [0.15, 0.2) is 30.4 Å². The molecule has 1 aliphatic carbocycles. The van der Waals surface area contributed by atoms with Gasteiger partial charge in [0.1, 0.15) is 17.9 Å². The zero-order valence-electron chi connectivity index (χ0n) is 12.0. The monoisotopic (exact) mass is 289 g/mol. The minimum Gasteiger partial charge on any atom is -0.490 e. The Labute approximate surface area is 126 Å². The molecule has 3 heteroatoms. The zero-order chi connectivity index (χ0) is 14.7. The van der Waals surface area contributed by atoms with E-state index in [2.05, 4.69) is 26.5 Å². The fourth-order valence-electron chi connectivity index (χ4n) is 2.73. The Bertz CT molecular complexity index is 546. The molecule has 1 fully saturated rings. The van der Waals surface area contributed by atoms with Gasteiger partial charge in [0.05, 0.1) is 10.6 Å². The molecule has 0 radical (unpaired) electrons. The third-order valence-corrected chi connectivity index (χ3v) is 4.48. The molecule has 0 amide bonds. The molecule has 0 spiro atoms. The van der Waals surface area contributed by atoms with E-state index >= 15 is 0 Å². The molecule has 0 N–H and O–H groups in total. The molecule has 20 heavy (non-hydrogen) atoms. The number of benzene rings is 1. The maximum atomic E-state index is 8.88. The molecule has 2 rings (SSSR count). The molecule has 1 aromatic carbocycles. The van der Waals surface area contributed by atoms with Crippen LogP contribution in [0.1, 0.15) is 38.7 Å². The molecule has 0 unspecified atom stereocenters. The molecular weight excluding hydrogens is 270 g/mol. The van der Waals surface area contributed by atoms with Gasteiger partial charge in [-0.25, -0.2) is 0 Å². The zero-order valence-corrected chi connectivity index (χ0v) is 12.8. The summed E-state index contributed by atoms with van der Waals surface area (Å²) in [5, 5.41) is 9.33. The Hall–Kier alpha value is -1.46. The number of rotatable bonds is 3. The maximum Gasteiger partial charge on any atom is 0.121 e. The van der Waals surface area contributed by atoms with E-state index in [1.807, 2.05) is 6.07 Å². The van der Waals surface area contributed by atoms with Gasteiger partial charge in [0.2, 0.25) is 0 Å². The van der Waals surface area contributed by atoms with Crippen LogP contribution in [0.4, 0.5) is 0 Å². The molecule has 2 nitrogen and oxygen atoms in total. The van der Waals surface area contributed by atoms with E-state index in [0.717, 1.165) is 18.6 Å². The first-order valence-corrected chi connectivity index (χ1v) is 7.40. The molecule has 0 bridgehead atoms. The van der Waals surface area contributed by atoms with Gasteiger partial charge in [-0.3, -0.25) is 0 Å². The van der Waals surface area contributed by atoms with Crippen LogP contribution in [0, 0.1) is 23.2 Å². The second-order valence-electron chi connectivity index (χ2n) is 5.74. The van der Waals surface area contributed by atoms with Crippen LogP contribution in [0.5, 0.6) is 5.75 Å². The van der Waals surface area contributed by atoms with Crippen LogP contribution in [0.25, 0.3) is 0 Å². The van der Waals surface area contributed by atoms with Crippen molar-refractivity contribution in [3.05, 3.63) is 40.9 Å².